The highest BCUT2D eigenvalue weighted by Crippen LogP contribution is 2.03. The van der Waals surface area contributed by atoms with Crippen LogP contribution in [0, 0.1) is 5.92 Å². The maximum absolute atomic E-state index is 11.5. The fraction of sp³-hybridized carbons (Fsp3) is 0.889. The first-order valence-electron chi connectivity index (χ1n) is 4.78. The van der Waals surface area contributed by atoms with Crippen molar-refractivity contribution < 1.29 is 9.53 Å². The van der Waals surface area contributed by atoms with Gasteiger partial charge in [-0.2, -0.15) is 0 Å². The molecule has 0 aromatic heterocycles. The quantitative estimate of drug-likeness (QED) is 0.622. The molecule has 1 aliphatic heterocycles. The lowest BCUT2D eigenvalue weighted by atomic mass is 10.0. The fourth-order valence-corrected chi connectivity index (χ4v) is 1.26. The van der Waals surface area contributed by atoms with E-state index in [0.717, 1.165) is 19.5 Å². The van der Waals surface area contributed by atoms with E-state index in [1.54, 1.807) is 7.11 Å². The molecule has 76 valence electrons. The minimum absolute atomic E-state index is 0.155. The summed E-state index contributed by atoms with van der Waals surface area (Å²) < 4.78 is 5.00. The van der Waals surface area contributed by atoms with Crippen molar-refractivity contribution in [2.45, 2.75) is 19.4 Å². The molecule has 0 bridgehead atoms. The number of hydrogen-bond acceptors (Lipinski definition) is 3. The van der Waals surface area contributed by atoms with Crippen LogP contribution in [-0.2, 0) is 9.53 Å². The van der Waals surface area contributed by atoms with Crippen molar-refractivity contribution in [2.24, 2.45) is 5.92 Å². The number of hydrogen-bond donors (Lipinski definition) is 2. The zero-order chi connectivity index (χ0) is 9.68. The average molecular weight is 186 g/mol. The summed E-state index contributed by atoms with van der Waals surface area (Å²) in [7, 11) is 1.65. The van der Waals surface area contributed by atoms with Crippen LogP contribution in [-0.4, -0.2) is 38.8 Å². The Balaban J connectivity index is 2.23. The van der Waals surface area contributed by atoms with Crippen LogP contribution in [0.5, 0.6) is 0 Å². The molecule has 0 aliphatic carbocycles. The molecule has 13 heavy (non-hydrogen) atoms. The van der Waals surface area contributed by atoms with Gasteiger partial charge < -0.3 is 15.4 Å². The number of carbonyl (C=O) groups is 1. The molecule has 1 saturated heterocycles. The van der Waals surface area contributed by atoms with Crippen LogP contribution < -0.4 is 10.6 Å². The van der Waals surface area contributed by atoms with E-state index in [0.29, 0.717) is 6.61 Å². The maximum Gasteiger partial charge on any atom is 0.225 e. The standard InChI is InChI=1S/C9H18N2O2/c1-3-8(6-13-2)11-9(12)7-4-10-5-7/h7-8,10H,3-6H2,1-2H3,(H,11,12). The van der Waals surface area contributed by atoms with Gasteiger partial charge in [0.1, 0.15) is 0 Å². The molecule has 1 unspecified atom stereocenters. The van der Waals surface area contributed by atoms with E-state index < -0.39 is 0 Å². The molecule has 1 heterocycles. The first-order chi connectivity index (χ1) is 6.27. The monoisotopic (exact) mass is 186 g/mol. The Hall–Kier alpha value is -0.610. The summed E-state index contributed by atoms with van der Waals surface area (Å²) in [5.41, 5.74) is 0. The predicted octanol–water partition coefficient (Wildman–Crippen LogP) is -0.253. The van der Waals surface area contributed by atoms with Crippen LogP contribution in [0.1, 0.15) is 13.3 Å². The zero-order valence-electron chi connectivity index (χ0n) is 8.30. The third kappa shape index (κ3) is 2.97. The number of ether oxygens (including phenoxy) is 1. The van der Waals surface area contributed by atoms with Gasteiger partial charge >= 0.3 is 0 Å². The molecule has 0 spiro atoms. The molecule has 1 fully saturated rings. The largest absolute Gasteiger partial charge is 0.383 e. The summed E-state index contributed by atoms with van der Waals surface area (Å²) in [5.74, 6) is 0.327. The van der Waals surface area contributed by atoms with Gasteiger partial charge in [0.25, 0.3) is 0 Å². The SMILES string of the molecule is CCC(COC)NC(=O)C1CNC1. The smallest absolute Gasteiger partial charge is 0.225 e. The fourth-order valence-electron chi connectivity index (χ4n) is 1.26. The van der Waals surface area contributed by atoms with Crippen molar-refractivity contribution in [1.29, 1.82) is 0 Å². The first-order valence-corrected chi connectivity index (χ1v) is 4.78. The van der Waals surface area contributed by atoms with Gasteiger partial charge in [0.2, 0.25) is 5.91 Å². The first kappa shape index (κ1) is 10.5. The van der Waals surface area contributed by atoms with E-state index in [-0.39, 0.29) is 17.9 Å². The second kappa shape index (κ2) is 5.19. The Morgan fingerprint density at radius 1 is 1.69 bits per heavy atom. The van der Waals surface area contributed by atoms with Crippen molar-refractivity contribution in [2.75, 3.05) is 26.8 Å². The Bertz CT molecular complexity index is 169. The summed E-state index contributed by atoms with van der Waals surface area (Å²) in [6, 6.07) is 0.165. The minimum Gasteiger partial charge on any atom is -0.383 e. The lowest BCUT2D eigenvalue weighted by Gasteiger charge is -2.28. The van der Waals surface area contributed by atoms with E-state index in [4.69, 9.17) is 4.74 Å². The van der Waals surface area contributed by atoms with E-state index in [2.05, 4.69) is 10.6 Å². The Morgan fingerprint density at radius 3 is 2.77 bits per heavy atom. The molecule has 0 aromatic carbocycles. The normalized spacial score (nSPS) is 19.2. The summed E-state index contributed by atoms with van der Waals surface area (Å²) >= 11 is 0. The molecule has 0 saturated carbocycles. The van der Waals surface area contributed by atoms with E-state index in [1.807, 2.05) is 6.92 Å². The molecular weight excluding hydrogens is 168 g/mol. The average Bonchev–Trinajstić information content (AvgIpc) is 2.00. The topological polar surface area (TPSA) is 50.4 Å². The lowest BCUT2D eigenvalue weighted by Crippen LogP contribution is -2.53. The van der Waals surface area contributed by atoms with Crippen LogP contribution in [0.25, 0.3) is 0 Å². The van der Waals surface area contributed by atoms with Crippen molar-refractivity contribution in [3.05, 3.63) is 0 Å². The number of methoxy groups -OCH3 is 1. The van der Waals surface area contributed by atoms with Gasteiger partial charge in [0.15, 0.2) is 0 Å². The Labute approximate surface area is 79.0 Å². The number of nitrogens with one attached hydrogen (secondary N) is 2. The highest BCUT2D eigenvalue weighted by atomic mass is 16.5. The second-order valence-electron chi connectivity index (χ2n) is 3.42. The van der Waals surface area contributed by atoms with E-state index >= 15 is 0 Å². The summed E-state index contributed by atoms with van der Waals surface area (Å²) in [4.78, 5) is 11.5. The Kier molecular flexibility index (Phi) is 4.18. The van der Waals surface area contributed by atoms with Gasteiger partial charge in [-0.3, -0.25) is 4.79 Å². The molecular formula is C9H18N2O2. The molecule has 4 heteroatoms. The van der Waals surface area contributed by atoms with Crippen molar-refractivity contribution in [3.8, 4) is 0 Å². The molecule has 1 atom stereocenters. The Morgan fingerprint density at radius 2 is 2.38 bits per heavy atom. The van der Waals surface area contributed by atoms with Crippen LogP contribution in [0.2, 0.25) is 0 Å². The van der Waals surface area contributed by atoms with E-state index in [1.165, 1.54) is 0 Å². The number of carbonyl (C=O) groups excluding carboxylic acids is 1. The molecule has 2 N–H and O–H groups in total. The van der Waals surface area contributed by atoms with Crippen molar-refractivity contribution >= 4 is 5.91 Å². The van der Waals surface area contributed by atoms with Gasteiger partial charge in [-0.1, -0.05) is 6.92 Å². The highest BCUT2D eigenvalue weighted by molar-refractivity contribution is 5.80. The molecule has 0 aromatic rings. The van der Waals surface area contributed by atoms with Gasteiger partial charge in [-0.25, -0.2) is 0 Å². The van der Waals surface area contributed by atoms with Gasteiger partial charge in [-0.15, -0.1) is 0 Å². The van der Waals surface area contributed by atoms with Gasteiger partial charge in [-0.05, 0) is 6.42 Å². The third-order valence-corrected chi connectivity index (χ3v) is 2.36. The summed E-state index contributed by atoms with van der Waals surface area (Å²) in [6.45, 7) is 4.27. The molecule has 0 radical (unpaired) electrons. The molecule has 1 amide bonds. The number of rotatable bonds is 5. The second-order valence-corrected chi connectivity index (χ2v) is 3.42. The highest BCUT2D eigenvalue weighted by Gasteiger charge is 2.25. The van der Waals surface area contributed by atoms with Gasteiger partial charge in [0, 0.05) is 20.2 Å². The maximum atomic E-state index is 11.5. The zero-order valence-corrected chi connectivity index (χ0v) is 8.30. The molecule has 4 nitrogen and oxygen atoms in total. The molecule has 1 aliphatic rings. The number of amides is 1. The molecule has 1 rings (SSSR count). The summed E-state index contributed by atoms with van der Waals surface area (Å²) in [5, 5.41) is 6.04. The lowest BCUT2D eigenvalue weighted by molar-refractivity contribution is -0.127. The van der Waals surface area contributed by atoms with Crippen LogP contribution in [0.4, 0.5) is 0 Å². The summed E-state index contributed by atoms with van der Waals surface area (Å²) in [6.07, 6.45) is 0.916. The predicted molar refractivity (Wildman–Crippen MR) is 50.5 cm³/mol. The van der Waals surface area contributed by atoms with Crippen LogP contribution in [0.15, 0.2) is 0 Å². The van der Waals surface area contributed by atoms with Crippen molar-refractivity contribution in [1.82, 2.24) is 10.6 Å². The van der Waals surface area contributed by atoms with Crippen LogP contribution in [0.3, 0.4) is 0 Å². The van der Waals surface area contributed by atoms with Crippen molar-refractivity contribution in [3.63, 3.8) is 0 Å². The van der Waals surface area contributed by atoms with E-state index in [9.17, 15) is 4.79 Å². The van der Waals surface area contributed by atoms with Gasteiger partial charge in [0.05, 0.1) is 18.6 Å². The third-order valence-electron chi connectivity index (χ3n) is 2.36. The minimum atomic E-state index is 0.155. The van der Waals surface area contributed by atoms with Crippen LogP contribution >= 0.6 is 0 Å².